The highest BCUT2D eigenvalue weighted by Crippen LogP contribution is 2.33. The highest BCUT2D eigenvalue weighted by atomic mass is 79.9. The number of aryl methyl sites for hydroxylation is 1. The summed E-state index contributed by atoms with van der Waals surface area (Å²) >= 11 is 4.81. The fourth-order valence-corrected chi connectivity index (χ4v) is 2.43. The van der Waals surface area contributed by atoms with Crippen molar-refractivity contribution in [1.29, 1.82) is 0 Å². The van der Waals surface area contributed by atoms with Crippen LogP contribution in [0.5, 0.6) is 0 Å². The van der Waals surface area contributed by atoms with Gasteiger partial charge in [-0.05, 0) is 36.9 Å². The molecule has 1 aromatic carbocycles. The molecule has 0 atom stereocenters. The van der Waals surface area contributed by atoms with Crippen molar-refractivity contribution >= 4 is 33.4 Å². The molecule has 0 radical (unpaired) electrons. The minimum absolute atomic E-state index is 0.609. The van der Waals surface area contributed by atoms with E-state index in [9.17, 15) is 0 Å². The van der Waals surface area contributed by atoms with Crippen LogP contribution in [0.3, 0.4) is 0 Å². The lowest BCUT2D eigenvalue weighted by Gasteiger charge is -2.02. The van der Waals surface area contributed by atoms with Crippen molar-refractivity contribution in [3.8, 4) is 0 Å². The second kappa shape index (κ2) is 4.28. The molecule has 3 nitrogen and oxygen atoms in total. The Bertz CT molecular complexity index is 484. The van der Waals surface area contributed by atoms with Gasteiger partial charge in [0.1, 0.15) is 6.26 Å². The number of nitrogen functional groups attached to an aromatic ring is 1. The van der Waals surface area contributed by atoms with Gasteiger partial charge in [0.25, 0.3) is 5.22 Å². The van der Waals surface area contributed by atoms with E-state index in [4.69, 9.17) is 10.2 Å². The molecule has 1 heterocycles. The van der Waals surface area contributed by atoms with Crippen molar-refractivity contribution in [2.45, 2.75) is 17.0 Å². The molecule has 5 heteroatoms. The number of aromatic nitrogens is 1. The first kappa shape index (κ1) is 10.6. The summed E-state index contributed by atoms with van der Waals surface area (Å²) in [6, 6.07) is 5.70. The minimum atomic E-state index is 0.609. The average molecular weight is 285 g/mol. The van der Waals surface area contributed by atoms with Crippen molar-refractivity contribution in [1.82, 2.24) is 4.98 Å². The maximum Gasteiger partial charge on any atom is 0.260 e. The van der Waals surface area contributed by atoms with E-state index in [1.165, 1.54) is 11.8 Å². The molecular formula is C10H9BrN2OS. The number of nitrogens with zero attached hydrogens (tertiary/aromatic N) is 1. The third-order valence-electron chi connectivity index (χ3n) is 1.77. The molecule has 0 unspecified atom stereocenters. The second-order valence-corrected chi connectivity index (χ2v) is 4.95. The number of anilines is 1. The van der Waals surface area contributed by atoms with Gasteiger partial charge in [-0.1, -0.05) is 15.9 Å². The first-order valence-electron chi connectivity index (χ1n) is 4.30. The van der Waals surface area contributed by atoms with Crippen molar-refractivity contribution in [2.75, 3.05) is 5.73 Å². The molecule has 15 heavy (non-hydrogen) atoms. The van der Waals surface area contributed by atoms with Gasteiger partial charge in [-0.25, -0.2) is 4.98 Å². The van der Waals surface area contributed by atoms with E-state index in [2.05, 4.69) is 20.9 Å². The molecule has 1 aromatic heterocycles. The number of hydrogen-bond acceptors (Lipinski definition) is 4. The first-order valence-corrected chi connectivity index (χ1v) is 5.91. The Morgan fingerprint density at radius 1 is 1.47 bits per heavy atom. The van der Waals surface area contributed by atoms with Crippen molar-refractivity contribution in [2.24, 2.45) is 0 Å². The van der Waals surface area contributed by atoms with Crippen LogP contribution in [0.15, 0.2) is 43.5 Å². The van der Waals surface area contributed by atoms with E-state index < -0.39 is 0 Å². The predicted octanol–water partition coefficient (Wildman–Crippen LogP) is 3.48. The van der Waals surface area contributed by atoms with Crippen LogP contribution in [0, 0.1) is 6.92 Å². The predicted molar refractivity (Wildman–Crippen MR) is 63.9 cm³/mol. The van der Waals surface area contributed by atoms with Crippen LogP contribution in [-0.4, -0.2) is 4.98 Å². The number of benzene rings is 1. The maximum absolute atomic E-state index is 5.83. The summed E-state index contributed by atoms with van der Waals surface area (Å²) in [7, 11) is 0. The number of hydrogen-bond donors (Lipinski definition) is 1. The van der Waals surface area contributed by atoms with E-state index in [0.717, 1.165) is 20.7 Å². The molecule has 0 aliphatic carbocycles. The Kier molecular flexibility index (Phi) is 3.02. The quantitative estimate of drug-likeness (QED) is 0.858. The number of halogens is 1. The van der Waals surface area contributed by atoms with Gasteiger partial charge in [-0.15, -0.1) is 0 Å². The van der Waals surface area contributed by atoms with Gasteiger partial charge in [0.2, 0.25) is 0 Å². The van der Waals surface area contributed by atoms with E-state index in [1.54, 1.807) is 6.26 Å². The molecule has 0 spiro atoms. The number of oxazole rings is 1. The third kappa shape index (κ3) is 2.54. The number of rotatable bonds is 2. The lowest BCUT2D eigenvalue weighted by atomic mass is 10.3. The summed E-state index contributed by atoms with van der Waals surface area (Å²) in [4.78, 5) is 5.14. The van der Waals surface area contributed by atoms with Gasteiger partial charge in [0, 0.05) is 15.1 Å². The first-order chi connectivity index (χ1) is 7.15. The van der Waals surface area contributed by atoms with E-state index >= 15 is 0 Å². The Balaban J connectivity index is 2.27. The van der Waals surface area contributed by atoms with Crippen LogP contribution in [0.2, 0.25) is 0 Å². The fraction of sp³-hybridized carbons (Fsp3) is 0.100. The Morgan fingerprint density at radius 3 is 2.93 bits per heavy atom. The van der Waals surface area contributed by atoms with Gasteiger partial charge in [-0.3, -0.25) is 0 Å². The molecule has 0 aliphatic heterocycles. The largest absolute Gasteiger partial charge is 0.439 e. The molecule has 0 fully saturated rings. The zero-order chi connectivity index (χ0) is 10.8. The van der Waals surface area contributed by atoms with Crippen LogP contribution >= 0.6 is 27.7 Å². The standard InChI is InChI=1S/C10H9BrN2OS/c1-6-5-14-10(13-6)15-9-4-7(11)2-3-8(9)12/h2-5H,12H2,1H3. The fourth-order valence-electron chi connectivity index (χ4n) is 1.07. The van der Waals surface area contributed by atoms with Crippen molar-refractivity contribution in [3.63, 3.8) is 0 Å². The van der Waals surface area contributed by atoms with Gasteiger partial charge in [0.05, 0.1) is 5.69 Å². The van der Waals surface area contributed by atoms with Crippen LogP contribution in [0.25, 0.3) is 0 Å². The van der Waals surface area contributed by atoms with Gasteiger partial charge in [-0.2, -0.15) is 0 Å². The monoisotopic (exact) mass is 284 g/mol. The zero-order valence-electron chi connectivity index (χ0n) is 8.03. The maximum atomic E-state index is 5.83. The topological polar surface area (TPSA) is 52.0 Å². The van der Waals surface area contributed by atoms with Crippen LogP contribution in [0.4, 0.5) is 5.69 Å². The third-order valence-corrected chi connectivity index (χ3v) is 3.20. The summed E-state index contributed by atoms with van der Waals surface area (Å²) in [5, 5.41) is 0.609. The highest BCUT2D eigenvalue weighted by molar-refractivity contribution is 9.10. The highest BCUT2D eigenvalue weighted by Gasteiger charge is 2.07. The Labute approximate surface area is 100 Å². The summed E-state index contributed by atoms with van der Waals surface area (Å²) in [6.07, 6.45) is 1.62. The minimum Gasteiger partial charge on any atom is -0.439 e. The van der Waals surface area contributed by atoms with E-state index in [-0.39, 0.29) is 0 Å². The van der Waals surface area contributed by atoms with Crippen LogP contribution < -0.4 is 5.73 Å². The van der Waals surface area contributed by atoms with Gasteiger partial charge >= 0.3 is 0 Å². The van der Waals surface area contributed by atoms with Crippen LogP contribution in [0.1, 0.15) is 5.69 Å². The van der Waals surface area contributed by atoms with Crippen LogP contribution in [-0.2, 0) is 0 Å². The smallest absolute Gasteiger partial charge is 0.260 e. The van der Waals surface area contributed by atoms with Crippen molar-refractivity contribution < 1.29 is 4.42 Å². The Morgan fingerprint density at radius 2 is 2.27 bits per heavy atom. The SMILES string of the molecule is Cc1coc(Sc2cc(Br)ccc2N)n1. The normalized spacial score (nSPS) is 10.5. The molecule has 0 saturated heterocycles. The molecule has 2 rings (SSSR count). The molecular weight excluding hydrogens is 276 g/mol. The molecule has 0 amide bonds. The van der Waals surface area contributed by atoms with E-state index in [1.807, 2.05) is 25.1 Å². The second-order valence-electron chi connectivity index (χ2n) is 3.04. The Hall–Kier alpha value is -0.940. The molecule has 0 saturated carbocycles. The molecule has 2 aromatic rings. The lowest BCUT2D eigenvalue weighted by Crippen LogP contribution is -1.87. The summed E-state index contributed by atoms with van der Waals surface area (Å²) in [6.45, 7) is 1.89. The zero-order valence-corrected chi connectivity index (χ0v) is 10.4. The lowest BCUT2D eigenvalue weighted by molar-refractivity contribution is 0.454. The number of nitrogens with two attached hydrogens (primary N) is 1. The average Bonchev–Trinajstić information content (AvgIpc) is 2.58. The summed E-state index contributed by atoms with van der Waals surface area (Å²) in [5.41, 5.74) is 7.42. The van der Waals surface area contributed by atoms with Gasteiger partial charge < -0.3 is 10.2 Å². The van der Waals surface area contributed by atoms with E-state index in [0.29, 0.717) is 5.22 Å². The molecule has 0 bridgehead atoms. The van der Waals surface area contributed by atoms with Gasteiger partial charge in [0.15, 0.2) is 0 Å². The summed E-state index contributed by atoms with van der Waals surface area (Å²) in [5.74, 6) is 0. The molecule has 78 valence electrons. The molecule has 0 aliphatic rings. The molecule has 2 N–H and O–H groups in total. The summed E-state index contributed by atoms with van der Waals surface area (Å²) < 4.78 is 6.23. The van der Waals surface area contributed by atoms with Crippen molar-refractivity contribution in [3.05, 3.63) is 34.6 Å².